The number of carboxylic acids is 1. The van der Waals surface area contributed by atoms with Gasteiger partial charge < -0.3 is 9.63 Å². The normalized spacial score (nSPS) is 9.70. The first-order chi connectivity index (χ1) is 4.63. The van der Waals surface area contributed by atoms with Crippen LogP contribution in [0.2, 0.25) is 0 Å². The molecule has 0 amide bonds. The highest BCUT2D eigenvalue weighted by molar-refractivity contribution is 5.86. The van der Waals surface area contributed by atoms with Gasteiger partial charge in [-0.2, -0.15) is 0 Å². The Bertz CT molecular complexity index is 308. The summed E-state index contributed by atoms with van der Waals surface area (Å²) in [5.74, 6) is -1.19. The second-order valence-corrected chi connectivity index (χ2v) is 1.80. The van der Waals surface area contributed by atoms with Crippen LogP contribution in [0.3, 0.4) is 0 Å². The van der Waals surface area contributed by atoms with Gasteiger partial charge in [0.15, 0.2) is 5.69 Å². The number of rotatable bonds is 1. The summed E-state index contributed by atoms with van der Waals surface area (Å²) in [6, 6.07) is 0. The molecule has 1 rings (SSSR count). The first-order valence-corrected chi connectivity index (χ1v) is 2.54. The molecule has 0 spiro atoms. The fourth-order valence-electron chi connectivity index (χ4n) is 0.557. The molecule has 0 radical (unpaired) electrons. The second-order valence-electron chi connectivity index (χ2n) is 1.80. The minimum atomic E-state index is -1.19. The third-order valence-corrected chi connectivity index (χ3v) is 1.14. The Hall–Kier alpha value is -1.52. The van der Waals surface area contributed by atoms with Gasteiger partial charge in [-0.3, -0.25) is 0 Å². The Kier molecular flexibility index (Phi) is 1.33. The van der Waals surface area contributed by atoms with Gasteiger partial charge >= 0.3 is 11.6 Å². The molecule has 0 unspecified atom stereocenters. The molecular weight excluding hydrogens is 138 g/mol. The average Bonchev–Trinajstić information content (AvgIpc) is 2.14. The standard InChI is InChI=1S/C5H5NO4/c1-2-3(4(7)8)6-10-5(2)9/h6H,1H3,(H,7,8). The lowest BCUT2D eigenvalue weighted by Gasteiger charge is -1.83. The van der Waals surface area contributed by atoms with Crippen LogP contribution in [0.4, 0.5) is 0 Å². The summed E-state index contributed by atoms with van der Waals surface area (Å²) < 4.78 is 4.20. The monoisotopic (exact) mass is 143 g/mol. The quantitative estimate of drug-likeness (QED) is 0.578. The maximum Gasteiger partial charge on any atom is 0.361 e. The number of aromatic amines is 1. The van der Waals surface area contributed by atoms with Crippen LogP contribution < -0.4 is 5.63 Å². The van der Waals surface area contributed by atoms with E-state index < -0.39 is 11.6 Å². The number of carbonyl (C=O) groups is 1. The summed E-state index contributed by atoms with van der Waals surface area (Å²) in [5.41, 5.74) is -0.741. The number of aromatic carboxylic acids is 1. The van der Waals surface area contributed by atoms with Crippen molar-refractivity contribution in [2.45, 2.75) is 6.92 Å². The van der Waals surface area contributed by atoms with Gasteiger partial charge in [-0.15, -0.1) is 0 Å². The summed E-state index contributed by atoms with van der Waals surface area (Å²) >= 11 is 0. The number of nitrogens with one attached hydrogen (secondary N) is 1. The van der Waals surface area contributed by atoms with E-state index in [2.05, 4.69) is 4.52 Å². The van der Waals surface area contributed by atoms with Crippen LogP contribution in [0.5, 0.6) is 0 Å². The van der Waals surface area contributed by atoms with Gasteiger partial charge in [0, 0.05) is 0 Å². The molecule has 0 saturated heterocycles. The van der Waals surface area contributed by atoms with Crippen molar-refractivity contribution in [3.8, 4) is 0 Å². The minimum Gasteiger partial charge on any atom is -0.476 e. The second kappa shape index (κ2) is 2.02. The molecular formula is C5H5NO4. The zero-order valence-electron chi connectivity index (χ0n) is 5.17. The van der Waals surface area contributed by atoms with Crippen molar-refractivity contribution < 1.29 is 14.4 Å². The summed E-state index contributed by atoms with van der Waals surface area (Å²) in [5, 5.41) is 10.3. The van der Waals surface area contributed by atoms with Crippen LogP contribution in [0.15, 0.2) is 9.32 Å². The van der Waals surface area contributed by atoms with Gasteiger partial charge in [0.1, 0.15) is 0 Å². The van der Waals surface area contributed by atoms with Crippen molar-refractivity contribution in [2.75, 3.05) is 0 Å². The highest BCUT2D eigenvalue weighted by atomic mass is 16.5. The summed E-state index contributed by atoms with van der Waals surface area (Å²) in [7, 11) is 0. The van der Waals surface area contributed by atoms with Crippen LogP contribution >= 0.6 is 0 Å². The maximum absolute atomic E-state index is 10.5. The summed E-state index contributed by atoms with van der Waals surface area (Å²) in [4.78, 5) is 20.7. The molecule has 54 valence electrons. The molecule has 0 aliphatic rings. The lowest BCUT2D eigenvalue weighted by atomic mass is 10.3. The highest BCUT2D eigenvalue weighted by Crippen LogP contribution is 1.96. The van der Waals surface area contributed by atoms with Gasteiger partial charge in [0.2, 0.25) is 0 Å². The Labute approximate surface area is 55.2 Å². The van der Waals surface area contributed by atoms with E-state index >= 15 is 0 Å². The number of H-pyrrole nitrogens is 1. The zero-order chi connectivity index (χ0) is 7.72. The van der Waals surface area contributed by atoms with Crippen LogP contribution in [0.1, 0.15) is 16.1 Å². The molecule has 2 N–H and O–H groups in total. The van der Waals surface area contributed by atoms with Crippen LogP contribution in [-0.2, 0) is 0 Å². The molecule has 0 fully saturated rings. The van der Waals surface area contributed by atoms with E-state index in [0.29, 0.717) is 0 Å². The Balaban J connectivity index is 3.31. The zero-order valence-corrected chi connectivity index (χ0v) is 5.17. The molecule has 5 nitrogen and oxygen atoms in total. The van der Waals surface area contributed by atoms with E-state index in [4.69, 9.17) is 5.11 Å². The predicted molar refractivity (Wildman–Crippen MR) is 31.0 cm³/mol. The number of carboxylic acid groups (broad SMARTS) is 1. The Morgan fingerprint density at radius 1 is 1.70 bits per heavy atom. The molecule has 1 heterocycles. The Morgan fingerprint density at radius 3 is 2.50 bits per heavy atom. The third kappa shape index (κ3) is 0.812. The lowest BCUT2D eigenvalue weighted by molar-refractivity contribution is 0.0685. The van der Waals surface area contributed by atoms with Crippen molar-refractivity contribution in [1.82, 2.24) is 5.16 Å². The minimum absolute atomic E-state index is 0.0903. The van der Waals surface area contributed by atoms with Crippen molar-refractivity contribution in [3.05, 3.63) is 21.7 Å². The number of aromatic nitrogens is 1. The van der Waals surface area contributed by atoms with E-state index in [9.17, 15) is 9.59 Å². The molecule has 0 bridgehead atoms. The molecule has 0 aliphatic carbocycles. The fourth-order valence-corrected chi connectivity index (χ4v) is 0.557. The van der Waals surface area contributed by atoms with E-state index in [1.54, 1.807) is 0 Å². The van der Waals surface area contributed by atoms with Gasteiger partial charge in [-0.05, 0) is 6.92 Å². The van der Waals surface area contributed by atoms with Gasteiger partial charge in [0.25, 0.3) is 0 Å². The van der Waals surface area contributed by atoms with Gasteiger partial charge in [-0.25, -0.2) is 14.7 Å². The van der Waals surface area contributed by atoms with Crippen molar-refractivity contribution in [1.29, 1.82) is 0 Å². The first-order valence-electron chi connectivity index (χ1n) is 2.54. The number of hydrogen-bond acceptors (Lipinski definition) is 3. The average molecular weight is 143 g/mol. The summed E-state index contributed by atoms with van der Waals surface area (Å²) in [6.45, 7) is 1.38. The molecule has 5 heteroatoms. The molecule has 0 aliphatic heterocycles. The fraction of sp³-hybridized carbons (Fsp3) is 0.200. The number of hydrogen-bond donors (Lipinski definition) is 2. The molecule has 0 aromatic carbocycles. The Morgan fingerprint density at radius 2 is 2.30 bits per heavy atom. The van der Waals surface area contributed by atoms with Crippen molar-refractivity contribution in [2.24, 2.45) is 0 Å². The van der Waals surface area contributed by atoms with Gasteiger partial charge in [-0.1, -0.05) is 0 Å². The van der Waals surface area contributed by atoms with E-state index in [1.165, 1.54) is 6.92 Å². The smallest absolute Gasteiger partial charge is 0.361 e. The van der Waals surface area contributed by atoms with E-state index in [0.717, 1.165) is 0 Å². The SMILES string of the molecule is Cc1c(C(=O)O)[nH]oc1=O. The predicted octanol–water partition coefficient (Wildman–Crippen LogP) is -0.0255. The van der Waals surface area contributed by atoms with Crippen molar-refractivity contribution in [3.63, 3.8) is 0 Å². The maximum atomic E-state index is 10.5. The molecule has 0 atom stereocenters. The van der Waals surface area contributed by atoms with E-state index in [-0.39, 0.29) is 11.3 Å². The highest BCUT2D eigenvalue weighted by Gasteiger charge is 2.12. The molecule has 10 heavy (non-hydrogen) atoms. The summed E-state index contributed by atoms with van der Waals surface area (Å²) in [6.07, 6.45) is 0. The van der Waals surface area contributed by atoms with Gasteiger partial charge in [0.05, 0.1) is 5.56 Å². The lowest BCUT2D eigenvalue weighted by Crippen LogP contribution is -2.02. The largest absolute Gasteiger partial charge is 0.476 e. The van der Waals surface area contributed by atoms with Crippen LogP contribution in [0.25, 0.3) is 0 Å². The van der Waals surface area contributed by atoms with Crippen molar-refractivity contribution >= 4 is 5.97 Å². The topological polar surface area (TPSA) is 83.3 Å². The molecule has 0 saturated carbocycles. The molecule has 1 aromatic rings. The molecule has 1 aromatic heterocycles. The van der Waals surface area contributed by atoms with Crippen LogP contribution in [-0.4, -0.2) is 16.2 Å². The third-order valence-electron chi connectivity index (χ3n) is 1.14. The van der Waals surface area contributed by atoms with E-state index in [1.807, 2.05) is 5.16 Å². The first kappa shape index (κ1) is 6.60. The van der Waals surface area contributed by atoms with Crippen LogP contribution in [0, 0.1) is 6.92 Å².